The molecule has 0 saturated carbocycles. The molecule has 0 aliphatic carbocycles. The maximum Gasteiger partial charge on any atom is 0.341 e. The summed E-state index contributed by atoms with van der Waals surface area (Å²) in [5.74, 6) is -0.123. The van der Waals surface area contributed by atoms with Crippen LogP contribution in [0.5, 0.6) is 5.75 Å². The number of aromatic nitrogens is 1. The number of phenols is 1. The van der Waals surface area contributed by atoms with Gasteiger partial charge in [-0.1, -0.05) is 44.9 Å². The van der Waals surface area contributed by atoms with E-state index in [4.69, 9.17) is 4.74 Å². The van der Waals surface area contributed by atoms with Gasteiger partial charge in [0.1, 0.15) is 11.3 Å². The van der Waals surface area contributed by atoms with Gasteiger partial charge in [0.25, 0.3) is 0 Å². The van der Waals surface area contributed by atoms with Gasteiger partial charge in [0, 0.05) is 34.1 Å². The summed E-state index contributed by atoms with van der Waals surface area (Å²) in [6.07, 6.45) is 6.14. The molecule has 6 nitrogen and oxygen atoms in total. The molecule has 0 atom stereocenters. The van der Waals surface area contributed by atoms with Gasteiger partial charge in [0.05, 0.1) is 22.5 Å². The highest BCUT2D eigenvalue weighted by atomic mass is 32.1. The first-order valence-corrected chi connectivity index (χ1v) is 13.7. The van der Waals surface area contributed by atoms with Crippen molar-refractivity contribution >= 4 is 49.0 Å². The molecule has 0 radical (unpaired) electrons. The van der Waals surface area contributed by atoms with Gasteiger partial charge in [-0.05, 0) is 57.1 Å². The molecule has 0 amide bonds. The van der Waals surface area contributed by atoms with Crippen LogP contribution >= 0.6 is 11.3 Å². The molecule has 0 saturated heterocycles. The average molecular weight is 506 g/mol. The zero-order valence-electron chi connectivity index (χ0n) is 21.3. The number of carbonyl (C=O) groups excluding carboxylic acids is 1. The minimum absolute atomic E-state index is 0.283. The van der Waals surface area contributed by atoms with Gasteiger partial charge in [-0.3, -0.25) is 9.88 Å². The molecule has 4 aromatic rings. The molecule has 2 aromatic heterocycles. The summed E-state index contributed by atoms with van der Waals surface area (Å²) in [7, 11) is 0. The van der Waals surface area contributed by atoms with E-state index in [1.54, 1.807) is 30.5 Å². The second-order valence-corrected chi connectivity index (χ2v) is 10.0. The summed E-state index contributed by atoms with van der Waals surface area (Å²) in [4.78, 5) is 19.9. The van der Waals surface area contributed by atoms with Crippen LogP contribution in [0.2, 0.25) is 0 Å². The monoisotopic (exact) mass is 505 g/mol. The van der Waals surface area contributed by atoms with Gasteiger partial charge in [0.15, 0.2) is 0 Å². The Morgan fingerprint density at radius 3 is 2.56 bits per heavy atom. The van der Waals surface area contributed by atoms with Crippen molar-refractivity contribution in [2.24, 2.45) is 0 Å². The van der Waals surface area contributed by atoms with E-state index in [9.17, 15) is 9.90 Å². The third kappa shape index (κ3) is 5.79. The number of fused-ring (bicyclic) bond motifs is 3. The molecule has 0 aliphatic rings. The second kappa shape index (κ2) is 12.2. The Hall–Kier alpha value is -3.16. The van der Waals surface area contributed by atoms with Gasteiger partial charge >= 0.3 is 5.97 Å². The van der Waals surface area contributed by atoms with Crippen LogP contribution in [0.25, 0.3) is 20.3 Å². The summed E-state index contributed by atoms with van der Waals surface area (Å²) < 4.78 is 7.35. The van der Waals surface area contributed by atoms with E-state index in [1.165, 1.54) is 0 Å². The number of aromatic hydroxyl groups is 1. The summed E-state index contributed by atoms with van der Waals surface area (Å²) in [6.45, 7) is 9.18. The van der Waals surface area contributed by atoms with Crippen molar-refractivity contribution in [2.45, 2.75) is 53.0 Å². The fourth-order valence-corrected chi connectivity index (χ4v) is 5.51. The lowest BCUT2D eigenvalue weighted by molar-refractivity contribution is 0.0527. The predicted molar refractivity (Wildman–Crippen MR) is 150 cm³/mol. The number of thiophene rings is 1. The van der Waals surface area contributed by atoms with Crippen molar-refractivity contribution in [3.05, 3.63) is 59.8 Å². The summed E-state index contributed by atoms with van der Waals surface area (Å²) >= 11 is 1.60. The molecule has 4 rings (SSSR count). The molecule has 0 aliphatic heterocycles. The Kier molecular flexibility index (Phi) is 8.78. The van der Waals surface area contributed by atoms with E-state index in [2.05, 4.69) is 41.2 Å². The Labute approximate surface area is 216 Å². The van der Waals surface area contributed by atoms with Gasteiger partial charge in [-0.25, -0.2) is 4.79 Å². The number of unbranched alkanes of at least 4 members (excludes halogenated alkanes) is 2. The topological polar surface area (TPSA) is 74.7 Å². The predicted octanol–water partition coefficient (Wildman–Crippen LogP) is 7.48. The zero-order chi connectivity index (χ0) is 25.5. The average Bonchev–Trinajstić information content (AvgIpc) is 3.27. The van der Waals surface area contributed by atoms with E-state index in [-0.39, 0.29) is 12.4 Å². The van der Waals surface area contributed by atoms with Crippen molar-refractivity contribution in [3.8, 4) is 5.75 Å². The summed E-state index contributed by atoms with van der Waals surface area (Å²) in [5, 5.41) is 15.2. The number of ether oxygens (including phenoxy) is 1. The molecule has 190 valence electrons. The van der Waals surface area contributed by atoms with Crippen LogP contribution in [-0.2, 0) is 11.3 Å². The fourth-order valence-electron chi connectivity index (χ4n) is 4.34. The number of pyridine rings is 1. The van der Waals surface area contributed by atoms with Gasteiger partial charge in [-0.15, -0.1) is 11.3 Å². The van der Waals surface area contributed by atoms with E-state index in [1.807, 2.05) is 24.3 Å². The first-order chi connectivity index (χ1) is 17.5. The minimum Gasteiger partial charge on any atom is -0.508 e. The summed E-state index contributed by atoms with van der Waals surface area (Å²) in [6, 6.07) is 13.7. The third-order valence-electron chi connectivity index (χ3n) is 6.28. The number of hydrogen-bond acceptors (Lipinski definition) is 7. The number of anilines is 2. The van der Waals surface area contributed by atoms with E-state index < -0.39 is 5.97 Å². The van der Waals surface area contributed by atoms with Crippen LogP contribution < -0.4 is 5.32 Å². The number of phenolic OH excluding ortho intramolecular Hbond substituents is 1. The van der Waals surface area contributed by atoms with Gasteiger partial charge in [-0.2, -0.15) is 0 Å². The molecule has 2 aromatic carbocycles. The van der Waals surface area contributed by atoms with Crippen molar-refractivity contribution in [1.82, 2.24) is 9.88 Å². The highest BCUT2D eigenvalue weighted by Gasteiger charge is 2.20. The normalized spacial score (nSPS) is 11.4. The number of nitrogens with one attached hydrogen (secondary N) is 1. The van der Waals surface area contributed by atoms with Crippen LogP contribution in [0, 0.1) is 0 Å². The Morgan fingerprint density at radius 1 is 1.08 bits per heavy atom. The second-order valence-electron chi connectivity index (χ2n) is 9.00. The third-order valence-corrected chi connectivity index (χ3v) is 7.46. The first kappa shape index (κ1) is 25.9. The van der Waals surface area contributed by atoms with Crippen LogP contribution in [0.1, 0.15) is 62.4 Å². The SMILES string of the molecule is CCCCN(CCCC)Cc1cc(Nc2c(C(=O)OCC)cnc3c2sc2ccccc23)ccc1O. The lowest BCUT2D eigenvalue weighted by Crippen LogP contribution is -2.25. The molecule has 2 N–H and O–H groups in total. The molecule has 0 fully saturated rings. The maximum atomic E-state index is 12.8. The van der Waals surface area contributed by atoms with Gasteiger partial charge in [0.2, 0.25) is 0 Å². The molecule has 0 unspecified atom stereocenters. The number of nitrogens with zero attached hydrogens (tertiary/aromatic N) is 2. The standard InChI is InChI=1S/C29H35N3O3S/c1-4-7-15-32(16-8-5-2)19-20-17-21(13-14-24(20)33)31-27-23(29(34)35-6-3)18-30-26-22-11-9-10-12-25(22)36-28(26)27/h9-14,17-18,33H,4-8,15-16,19H2,1-3H3,(H,30,31). The van der Waals surface area contributed by atoms with Crippen LogP contribution in [0.3, 0.4) is 0 Å². The van der Waals surface area contributed by atoms with E-state index >= 15 is 0 Å². The molecule has 2 heterocycles. The van der Waals surface area contributed by atoms with Crippen LogP contribution in [0.15, 0.2) is 48.7 Å². The fraction of sp³-hybridized carbons (Fsp3) is 0.379. The molecule has 36 heavy (non-hydrogen) atoms. The molecule has 0 bridgehead atoms. The Morgan fingerprint density at radius 2 is 1.83 bits per heavy atom. The molecular formula is C29H35N3O3S. The van der Waals surface area contributed by atoms with Crippen LogP contribution in [0.4, 0.5) is 11.4 Å². The van der Waals surface area contributed by atoms with E-state index in [0.717, 1.165) is 70.3 Å². The number of carbonyl (C=O) groups is 1. The van der Waals surface area contributed by atoms with Crippen molar-refractivity contribution in [1.29, 1.82) is 0 Å². The van der Waals surface area contributed by atoms with E-state index in [0.29, 0.717) is 17.8 Å². The highest BCUT2D eigenvalue weighted by Crippen LogP contribution is 2.40. The molecule has 0 spiro atoms. The number of benzene rings is 2. The number of rotatable bonds is 12. The maximum absolute atomic E-state index is 12.8. The zero-order valence-corrected chi connectivity index (χ0v) is 22.2. The minimum atomic E-state index is -0.406. The Bertz CT molecular complexity index is 1330. The van der Waals surface area contributed by atoms with Gasteiger partial charge < -0.3 is 15.2 Å². The lowest BCUT2D eigenvalue weighted by atomic mass is 10.1. The number of hydrogen-bond donors (Lipinski definition) is 2. The summed E-state index contributed by atoms with van der Waals surface area (Å²) in [5.41, 5.74) is 3.62. The molecular weight excluding hydrogens is 470 g/mol. The quantitative estimate of drug-likeness (QED) is 0.154. The lowest BCUT2D eigenvalue weighted by Gasteiger charge is -2.23. The van der Waals surface area contributed by atoms with Crippen molar-refractivity contribution in [2.75, 3.05) is 25.0 Å². The number of esters is 1. The smallest absolute Gasteiger partial charge is 0.341 e. The van der Waals surface area contributed by atoms with Crippen LogP contribution in [-0.4, -0.2) is 40.7 Å². The molecule has 7 heteroatoms. The Balaban J connectivity index is 1.72. The first-order valence-electron chi connectivity index (χ1n) is 12.8. The van der Waals surface area contributed by atoms with Crippen molar-refractivity contribution < 1.29 is 14.6 Å². The largest absolute Gasteiger partial charge is 0.508 e. The van der Waals surface area contributed by atoms with Crippen molar-refractivity contribution in [3.63, 3.8) is 0 Å². The highest BCUT2D eigenvalue weighted by molar-refractivity contribution is 7.26.